The van der Waals surface area contributed by atoms with Crippen LogP contribution < -0.4 is 5.73 Å². The maximum absolute atomic E-state index is 13.9. The van der Waals surface area contributed by atoms with Crippen molar-refractivity contribution in [1.29, 1.82) is 0 Å². The summed E-state index contributed by atoms with van der Waals surface area (Å²) in [5, 5.41) is 0. The molecule has 1 saturated heterocycles. The molecule has 21 heavy (non-hydrogen) atoms. The number of amides is 1. The van der Waals surface area contributed by atoms with Crippen molar-refractivity contribution in [2.24, 2.45) is 5.73 Å². The first-order valence-electron chi connectivity index (χ1n) is 7.26. The van der Waals surface area contributed by atoms with E-state index in [0.29, 0.717) is 25.1 Å². The van der Waals surface area contributed by atoms with E-state index in [4.69, 9.17) is 10.5 Å². The van der Waals surface area contributed by atoms with Crippen molar-refractivity contribution in [2.75, 3.05) is 13.1 Å². The highest BCUT2D eigenvalue weighted by atomic mass is 19.1. The summed E-state index contributed by atoms with van der Waals surface area (Å²) in [5.41, 5.74) is 6.26. The molecule has 0 spiro atoms. The molecule has 0 unspecified atom stereocenters. The van der Waals surface area contributed by atoms with E-state index in [-0.39, 0.29) is 23.9 Å². The minimum absolute atomic E-state index is 0.0649. The lowest BCUT2D eigenvalue weighted by molar-refractivity contribution is 0.0186. The first-order valence-corrected chi connectivity index (χ1v) is 7.26. The Balaban J connectivity index is 2.03. The molecule has 0 saturated carbocycles. The number of hydrogen-bond acceptors (Lipinski definition) is 3. The smallest absolute Gasteiger partial charge is 0.410 e. The molecule has 2 atom stereocenters. The van der Waals surface area contributed by atoms with E-state index in [2.05, 4.69) is 0 Å². The number of likely N-dealkylation sites (tertiary alicyclic amines) is 1. The number of carbonyl (C=O) groups excluding carboxylic acids is 1. The number of piperidine rings is 1. The molecule has 1 aromatic carbocycles. The fourth-order valence-electron chi connectivity index (χ4n) is 2.64. The maximum Gasteiger partial charge on any atom is 0.410 e. The van der Waals surface area contributed by atoms with E-state index in [0.717, 1.165) is 0 Å². The van der Waals surface area contributed by atoms with E-state index < -0.39 is 5.60 Å². The second-order valence-corrected chi connectivity index (χ2v) is 6.51. The number of rotatable bonds is 1. The van der Waals surface area contributed by atoms with Gasteiger partial charge < -0.3 is 15.4 Å². The minimum Gasteiger partial charge on any atom is -0.444 e. The van der Waals surface area contributed by atoms with Gasteiger partial charge in [-0.1, -0.05) is 18.2 Å². The normalized spacial score (nSPS) is 23.0. The summed E-state index contributed by atoms with van der Waals surface area (Å²) >= 11 is 0. The van der Waals surface area contributed by atoms with Crippen LogP contribution in [0.5, 0.6) is 0 Å². The molecule has 1 aliphatic rings. The van der Waals surface area contributed by atoms with Crippen LogP contribution >= 0.6 is 0 Å². The van der Waals surface area contributed by atoms with E-state index >= 15 is 0 Å². The summed E-state index contributed by atoms with van der Waals surface area (Å²) in [6.07, 6.45) is 0.284. The van der Waals surface area contributed by atoms with Gasteiger partial charge >= 0.3 is 6.09 Å². The summed E-state index contributed by atoms with van der Waals surface area (Å²) in [4.78, 5) is 13.6. The first-order chi connectivity index (χ1) is 9.78. The lowest BCUT2D eigenvalue weighted by Crippen LogP contribution is -2.50. The van der Waals surface area contributed by atoms with Crippen LogP contribution in [0.25, 0.3) is 0 Å². The number of nitrogens with two attached hydrogens (primary N) is 1. The molecule has 116 valence electrons. The van der Waals surface area contributed by atoms with Gasteiger partial charge in [-0.15, -0.1) is 0 Å². The van der Waals surface area contributed by atoms with E-state index in [1.807, 2.05) is 26.8 Å². The predicted molar refractivity (Wildman–Crippen MR) is 79.5 cm³/mol. The van der Waals surface area contributed by atoms with Gasteiger partial charge in [0.15, 0.2) is 0 Å². The van der Waals surface area contributed by atoms with Crippen molar-refractivity contribution in [2.45, 2.75) is 44.8 Å². The number of halogens is 1. The molecule has 1 fully saturated rings. The SMILES string of the molecule is CC(C)(C)OC(=O)N1CC[C@H](c2ccccc2F)[C@H](N)C1. The molecule has 1 heterocycles. The summed E-state index contributed by atoms with van der Waals surface area (Å²) in [7, 11) is 0. The van der Waals surface area contributed by atoms with Gasteiger partial charge in [-0.25, -0.2) is 9.18 Å². The number of ether oxygens (including phenoxy) is 1. The number of benzene rings is 1. The Hall–Kier alpha value is -1.62. The lowest BCUT2D eigenvalue weighted by Gasteiger charge is -2.37. The molecule has 4 nitrogen and oxygen atoms in total. The highest BCUT2D eigenvalue weighted by molar-refractivity contribution is 5.68. The standard InChI is InChI=1S/C16H23FN2O2/c1-16(2,3)21-15(20)19-9-8-12(14(18)10-19)11-6-4-5-7-13(11)17/h4-7,12,14H,8-10,18H2,1-3H3/t12-,14-/m1/s1. The van der Waals surface area contributed by atoms with Gasteiger partial charge in [0.25, 0.3) is 0 Å². The van der Waals surface area contributed by atoms with E-state index in [1.54, 1.807) is 17.0 Å². The van der Waals surface area contributed by atoms with Crippen LogP contribution in [0.3, 0.4) is 0 Å². The summed E-state index contributed by atoms with van der Waals surface area (Å²) in [6, 6.07) is 6.40. The van der Waals surface area contributed by atoms with Crippen molar-refractivity contribution < 1.29 is 13.9 Å². The van der Waals surface area contributed by atoms with Crippen molar-refractivity contribution in [3.8, 4) is 0 Å². The summed E-state index contributed by atoms with van der Waals surface area (Å²) in [6.45, 7) is 6.40. The van der Waals surface area contributed by atoms with Gasteiger partial charge in [-0.2, -0.15) is 0 Å². The van der Waals surface area contributed by atoms with Gasteiger partial charge in [-0.3, -0.25) is 0 Å². The van der Waals surface area contributed by atoms with Gasteiger partial charge in [0, 0.05) is 25.0 Å². The van der Waals surface area contributed by atoms with Crippen LogP contribution in [-0.2, 0) is 4.74 Å². The van der Waals surface area contributed by atoms with Gasteiger partial charge in [0.2, 0.25) is 0 Å². The first kappa shape index (κ1) is 15.8. The molecule has 1 amide bonds. The number of nitrogens with zero attached hydrogens (tertiary/aromatic N) is 1. The molecule has 1 aliphatic heterocycles. The Morgan fingerprint density at radius 3 is 2.62 bits per heavy atom. The highest BCUT2D eigenvalue weighted by Gasteiger charge is 2.33. The lowest BCUT2D eigenvalue weighted by atomic mass is 9.85. The zero-order chi connectivity index (χ0) is 15.6. The fourth-order valence-corrected chi connectivity index (χ4v) is 2.64. The zero-order valence-corrected chi connectivity index (χ0v) is 12.8. The third kappa shape index (κ3) is 3.94. The number of carbonyl (C=O) groups is 1. The van der Waals surface area contributed by atoms with Crippen LogP contribution in [0.2, 0.25) is 0 Å². The van der Waals surface area contributed by atoms with Gasteiger partial charge in [-0.05, 0) is 38.8 Å². The van der Waals surface area contributed by atoms with Crippen LogP contribution in [0.4, 0.5) is 9.18 Å². The second-order valence-electron chi connectivity index (χ2n) is 6.51. The monoisotopic (exact) mass is 294 g/mol. The van der Waals surface area contributed by atoms with Crippen molar-refractivity contribution >= 4 is 6.09 Å². The maximum atomic E-state index is 13.9. The molecule has 0 aliphatic carbocycles. The third-order valence-electron chi connectivity index (χ3n) is 3.61. The molecule has 0 aromatic heterocycles. The van der Waals surface area contributed by atoms with Gasteiger partial charge in [0.1, 0.15) is 11.4 Å². The van der Waals surface area contributed by atoms with Crippen LogP contribution in [-0.4, -0.2) is 35.7 Å². The quantitative estimate of drug-likeness (QED) is 0.866. The van der Waals surface area contributed by atoms with Crippen LogP contribution in [0.15, 0.2) is 24.3 Å². The summed E-state index contributed by atoms with van der Waals surface area (Å²) < 4.78 is 19.2. The highest BCUT2D eigenvalue weighted by Crippen LogP contribution is 2.29. The Morgan fingerprint density at radius 1 is 1.38 bits per heavy atom. The number of hydrogen-bond donors (Lipinski definition) is 1. The largest absolute Gasteiger partial charge is 0.444 e. The van der Waals surface area contributed by atoms with E-state index in [9.17, 15) is 9.18 Å². The predicted octanol–water partition coefficient (Wildman–Crippen LogP) is 2.88. The minimum atomic E-state index is -0.524. The average Bonchev–Trinajstić information content (AvgIpc) is 2.38. The molecule has 0 radical (unpaired) electrons. The van der Waals surface area contributed by atoms with Gasteiger partial charge in [0.05, 0.1) is 0 Å². The van der Waals surface area contributed by atoms with Crippen molar-refractivity contribution in [3.05, 3.63) is 35.6 Å². The molecule has 2 N–H and O–H groups in total. The molecule has 0 bridgehead atoms. The topological polar surface area (TPSA) is 55.6 Å². The summed E-state index contributed by atoms with van der Waals surface area (Å²) in [5.74, 6) is -0.298. The van der Waals surface area contributed by atoms with E-state index in [1.165, 1.54) is 6.07 Å². The second kappa shape index (κ2) is 6.02. The van der Waals surface area contributed by atoms with Crippen molar-refractivity contribution in [3.63, 3.8) is 0 Å². The fraction of sp³-hybridized carbons (Fsp3) is 0.562. The molecular formula is C16H23FN2O2. The Labute approximate surface area is 125 Å². The zero-order valence-electron chi connectivity index (χ0n) is 12.8. The van der Waals surface area contributed by atoms with Crippen LogP contribution in [0, 0.1) is 5.82 Å². The van der Waals surface area contributed by atoms with Crippen molar-refractivity contribution in [1.82, 2.24) is 4.90 Å². The third-order valence-corrected chi connectivity index (χ3v) is 3.61. The Morgan fingerprint density at radius 2 is 2.05 bits per heavy atom. The Kier molecular flexibility index (Phi) is 4.52. The van der Waals surface area contributed by atoms with Crippen LogP contribution in [0.1, 0.15) is 38.7 Å². The molecule has 5 heteroatoms. The molecule has 2 rings (SSSR count). The Bertz CT molecular complexity index is 513. The molecular weight excluding hydrogens is 271 g/mol. The average molecular weight is 294 g/mol. The molecule has 1 aromatic rings.